The smallest absolute Gasteiger partial charge is 0.407 e. The van der Waals surface area contributed by atoms with Gasteiger partial charge in [0.25, 0.3) is 0 Å². The number of aliphatic hydroxyl groups excluding tert-OH is 1. The van der Waals surface area contributed by atoms with Gasteiger partial charge in [0.2, 0.25) is 0 Å². The van der Waals surface area contributed by atoms with Crippen LogP contribution >= 0.6 is 10.0 Å². The zero-order valence-electron chi connectivity index (χ0n) is 13.1. The fraction of sp³-hybridized carbons (Fsp3) is 0.929. The first-order valence-corrected chi connectivity index (χ1v) is 10.3. The van der Waals surface area contributed by atoms with Crippen molar-refractivity contribution < 1.29 is 14.6 Å². The molecule has 20 heavy (non-hydrogen) atoms. The third-order valence-corrected chi connectivity index (χ3v) is 4.77. The lowest BCUT2D eigenvalue weighted by Gasteiger charge is -2.27. The standard InChI is InChI=1S/C14H30N2O3S/c1-5-12(15-11-6-7-11)13(10-17)16-14(18)19-8-9-20(2,3)4/h11-13,15,17H,5-10H2,1-4H3,(H,16,18)/t12-,13+/m0/s1. The maximum atomic E-state index is 11.8. The summed E-state index contributed by atoms with van der Waals surface area (Å²) in [6.45, 7) is 2.42. The highest BCUT2D eigenvalue weighted by atomic mass is 32.3. The second kappa shape index (κ2) is 8.10. The van der Waals surface area contributed by atoms with E-state index >= 15 is 0 Å². The molecule has 0 bridgehead atoms. The van der Waals surface area contributed by atoms with Crippen molar-refractivity contribution in [1.29, 1.82) is 0 Å². The molecular formula is C14H30N2O3S. The average Bonchev–Trinajstić information content (AvgIpc) is 3.15. The monoisotopic (exact) mass is 306 g/mol. The van der Waals surface area contributed by atoms with E-state index in [1.54, 1.807) is 0 Å². The molecule has 0 heterocycles. The van der Waals surface area contributed by atoms with Crippen molar-refractivity contribution in [3.8, 4) is 0 Å². The average molecular weight is 306 g/mol. The Morgan fingerprint density at radius 3 is 2.45 bits per heavy atom. The molecule has 1 fully saturated rings. The summed E-state index contributed by atoms with van der Waals surface area (Å²) >= 11 is 0. The van der Waals surface area contributed by atoms with Crippen LogP contribution in [0.2, 0.25) is 0 Å². The number of carbonyl (C=O) groups is 1. The summed E-state index contributed by atoms with van der Waals surface area (Å²) in [6.07, 6.45) is 9.39. The minimum atomic E-state index is -0.649. The highest BCUT2D eigenvalue weighted by Crippen LogP contribution is 2.33. The lowest BCUT2D eigenvalue weighted by atomic mass is 10.1. The molecule has 0 saturated heterocycles. The van der Waals surface area contributed by atoms with Crippen molar-refractivity contribution in [2.24, 2.45) is 0 Å². The van der Waals surface area contributed by atoms with Gasteiger partial charge in [-0.3, -0.25) is 0 Å². The highest BCUT2D eigenvalue weighted by molar-refractivity contribution is 8.32. The normalized spacial score (nSPS) is 19.2. The number of nitrogens with one attached hydrogen (secondary N) is 2. The topological polar surface area (TPSA) is 70.6 Å². The lowest BCUT2D eigenvalue weighted by molar-refractivity contribution is 0.134. The Balaban J connectivity index is 2.31. The molecule has 0 aromatic rings. The summed E-state index contributed by atoms with van der Waals surface area (Å²) in [5, 5.41) is 15.7. The van der Waals surface area contributed by atoms with Crippen molar-refractivity contribution in [3.63, 3.8) is 0 Å². The fourth-order valence-corrected chi connectivity index (χ4v) is 2.51. The van der Waals surface area contributed by atoms with Crippen LogP contribution in [0.15, 0.2) is 0 Å². The molecule has 1 amide bonds. The quantitative estimate of drug-likeness (QED) is 0.600. The fourth-order valence-electron chi connectivity index (χ4n) is 1.92. The maximum Gasteiger partial charge on any atom is 0.407 e. The third kappa shape index (κ3) is 7.36. The van der Waals surface area contributed by atoms with Gasteiger partial charge in [-0.05, 0) is 38.0 Å². The number of hydrogen-bond donors (Lipinski definition) is 3. The van der Waals surface area contributed by atoms with Gasteiger partial charge in [-0.25, -0.2) is 14.8 Å². The highest BCUT2D eigenvalue weighted by Gasteiger charge is 2.29. The van der Waals surface area contributed by atoms with Crippen LogP contribution < -0.4 is 10.6 Å². The summed E-state index contributed by atoms with van der Waals surface area (Å²) in [7, 11) is -0.649. The molecule has 1 aliphatic rings. The number of carbonyl (C=O) groups excluding carboxylic acids is 1. The van der Waals surface area contributed by atoms with Crippen LogP contribution in [0.5, 0.6) is 0 Å². The molecule has 5 nitrogen and oxygen atoms in total. The Bertz CT molecular complexity index is 303. The van der Waals surface area contributed by atoms with Gasteiger partial charge in [0.05, 0.1) is 12.6 Å². The van der Waals surface area contributed by atoms with E-state index in [9.17, 15) is 9.90 Å². The molecule has 2 atom stereocenters. The summed E-state index contributed by atoms with van der Waals surface area (Å²) in [6, 6.07) is 0.375. The molecule has 3 N–H and O–H groups in total. The van der Waals surface area contributed by atoms with E-state index in [4.69, 9.17) is 4.74 Å². The van der Waals surface area contributed by atoms with Crippen LogP contribution in [0, 0.1) is 0 Å². The van der Waals surface area contributed by atoms with Crippen molar-refractivity contribution >= 4 is 16.1 Å². The first-order valence-electron chi connectivity index (χ1n) is 7.32. The SMILES string of the molecule is CC[C@H](NC1CC1)[C@@H](CO)NC(=O)OCCS(C)(C)C. The Kier molecular flexibility index (Phi) is 7.12. The maximum absolute atomic E-state index is 11.8. The predicted octanol–water partition coefficient (Wildman–Crippen LogP) is 1.30. The molecule has 0 radical (unpaired) electrons. The Labute approximate surface area is 124 Å². The minimum Gasteiger partial charge on any atom is -0.449 e. The summed E-state index contributed by atoms with van der Waals surface area (Å²) in [5.41, 5.74) is 0. The van der Waals surface area contributed by atoms with E-state index < -0.39 is 16.1 Å². The van der Waals surface area contributed by atoms with Gasteiger partial charge >= 0.3 is 6.09 Å². The molecule has 0 aromatic heterocycles. The molecule has 6 heteroatoms. The molecular weight excluding hydrogens is 276 g/mol. The van der Waals surface area contributed by atoms with Gasteiger partial charge in [-0.15, -0.1) is 0 Å². The number of hydrogen-bond acceptors (Lipinski definition) is 4. The molecule has 0 aromatic carbocycles. The van der Waals surface area contributed by atoms with E-state index in [-0.39, 0.29) is 18.7 Å². The Morgan fingerprint density at radius 2 is 2.00 bits per heavy atom. The van der Waals surface area contributed by atoms with Gasteiger partial charge in [0.1, 0.15) is 6.61 Å². The van der Waals surface area contributed by atoms with E-state index in [0.717, 1.165) is 12.2 Å². The number of alkyl carbamates (subject to hydrolysis) is 1. The predicted molar refractivity (Wildman–Crippen MR) is 85.8 cm³/mol. The third-order valence-electron chi connectivity index (χ3n) is 3.38. The molecule has 120 valence electrons. The van der Waals surface area contributed by atoms with E-state index in [1.807, 2.05) is 0 Å². The van der Waals surface area contributed by atoms with Gasteiger partial charge in [-0.1, -0.05) is 6.92 Å². The molecule has 1 rings (SSSR count). The van der Waals surface area contributed by atoms with Crippen LogP contribution in [0.4, 0.5) is 4.79 Å². The molecule has 1 saturated carbocycles. The second-order valence-electron chi connectivity index (χ2n) is 6.32. The zero-order valence-corrected chi connectivity index (χ0v) is 14.0. The van der Waals surface area contributed by atoms with Gasteiger partial charge in [0.15, 0.2) is 0 Å². The van der Waals surface area contributed by atoms with Gasteiger partial charge < -0.3 is 20.5 Å². The number of rotatable bonds is 9. The summed E-state index contributed by atoms with van der Waals surface area (Å²) in [4.78, 5) is 11.8. The number of amides is 1. The first kappa shape index (κ1) is 17.6. The first-order chi connectivity index (χ1) is 9.35. The van der Waals surface area contributed by atoms with Crippen LogP contribution in [-0.4, -0.2) is 67.1 Å². The van der Waals surface area contributed by atoms with E-state index in [1.165, 1.54) is 12.8 Å². The van der Waals surface area contributed by atoms with Crippen LogP contribution in [0.1, 0.15) is 26.2 Å². The summed E-state index contributed by atoms with van der Waals surface area (Å²) in [5.74, 6) is 0.905. The van der Waals surface area contributed by atoms with E-state index in [0.29, 0.717) is 12.6 Å². The van der Waals surface area contributed by atoms with Crippen LogP contribution in [-0.2, 0) is 4.74 Å². The van der Waals surface area contributed by atoms with Gasteiger partial charge in [-0.2, -0.15) is 0 Å². The largest absolute Gasteiger partial charge is 0.449 e. The van der Waals surface area contributed by atoms with Crippen molar-refractivity contribution in [1.82, 2.24) is 10.6 Å². The van der Waals surface area contributed by atoms with Crippen molar-refractivity contribution in [3.05, 3.63) is 0 Å². The molecule has 0 aliphatic heterocycles. The zero-order chi connectivity index (χ0) is 15.2. The Hall–Kier alpha value is -0.460. The van der Waals surface area contributed by atoms with Crippen LogP contribution in [0.25, 0.3) is 0 Å². The lowest BCUT2D eigenvalue weighted by Crippen LogP contribution is -2.52. The van der Waals surface area contributed by atoms with Crippen molar-refractivity contribution in [2.45, 2.75) is 44.3 Å². The van der Waals surface area contributed by atoms with Gasteiger partial charge in [0, 0.05) is 17.8 Å². The molecule has 1 aliphatic carbocycles. The van der Waals surface area contributed by atoms with E-state index in [2.05, 4.69) is 36.3 Å². The number of aliphatic hydroxyl groups is 1. The number of ether oxygens (including phenoxy) is 1. The van der Waals surface area contributed by atoms with Crippen molar-refractivity contribution in [2.75, 3.05) is 37.7 Å². The minimum absolute atomic E-state index is 0.0716. The molecule has 0 spiro atoms. The van der Waals surface area contributed by atoms with Crippen LogP contribution in [0.3, 0.4) is 0 Å². The molecule has 0 unspecified atom stereocenters. The summed E-state index contributed by atoms with van der Waals surface area (Å²) < 4.78 is 5.20. The Morgan fingerprint density at radius 1 is 1.35 bits per heavy atom. The second-order valence-corrected chi connectivity index (χ2v) is 10.9.